The van der Waals surface area contributed by atoms with Crippen molar-refractivity contribution in [1.82, 2.24) is 0 Å². The molecule has 0 aliphatic rings. The molecule has 0 spiro atoms. The van der Waals surface area contributed by atoms with Crippen LogP contribution in [0.5, 0.6) is 0 Å². The van der Waals surface area contributed by atoms with Crippen molar-refractivity contribution in [3.8, 4) is 0 Å². The van der Waals surface area contributed by atoms with E-state index in [1.165, 1.54) is 13.0 Å². The quantitative estimate of drug-likeness (QED) is 0.284. The molecule has 1 atom stereocenters. The van der Waals surface area contributed by atoms with Gasteiger partial charge in [0.25, 0.3) is 0 Å². The van der Waals surface area contributed by atoms with E-state index < -0.39 is 18.0 Å². The molecule has 0 bridgehead atoms. The zero-order valence-corrected chi connectivity index (χ0v) is 14.4. The van der Waals surface area contributed by atoms with E-state index >= 15 is 0 Å². The van der Waals surface area contributed by atoms with Crippen LogP contribution in [0.2, 0.25) is 0 Å². The lowest BCUT2D eigenvalue weighted by Crippen LogP contribution is -2.10. The van der Waals surface area contributed by atoms with Gasteiger partial charge in [0.05, 0.1) is 12.7 Å². The molecule has 0 radical (unpaired) electrons. The summed E-state index contributed by atoms with van der Waals surface area (Å²) >= 11 is 0. The molecule has 7 heteroatoms. The third kappa shape index (κ3) is 16.7. The van der Waals surface area contributed by atoms with Crippen molar-refractivity contribution in [2.45, 2.75) is 58.5 Å². The second kappa shape index (κ2) is 16.2. The van der Waals surface area contributed by atoms with E-state index in [9.17, 15) is 9.59 Å². The maximum absolute atomic E-state index is 10.4. The summed E-state index contributed by atoms with van der Waals surface area (Å²) in [5.74, 6) is -1.84. The lowest BCUT2D eigenvalue weighted by Gasteiger charge is -2.01. The number of aliphatic carboxylic acids is 2. The first-order valence-electron chi connectivity index (χ1n) is 7.96. The summed E-state index contributed by atoms with van der Waals surface area (Å²) in [6.07, 6.45) is 7.21. The van der Waals surface area contributed by atoms with Crippen molar-refractivity contribution >= 4 is 11.9 Å². The highest BCUT2D eigenvalue weighted by atomic mass is 16.4. The molecule has 0 amide bonds. The standard InChI is InChI=1S/C10H18O3.C7H12O4/c1-9(10(12)13)7-5-3-2-4-6-8-11;1-5(7(10)11)2-3-6(9)4-8/h7,11H,2-6,8H2,1H3,(H,12,13);2,6,8-9H,3-4H2,1H3,(H,10,11). The van der Waals surface area contributed by atoms with Crippen LogP contribution in [0.4, 0.5) is 0 Å². The third-order valence-corrected chi connectivity index (χ3v) is 3.14. The van der Waals surface area contributed by atoms with E-state index in [2.05, 4.69) is 0 Å². The predicted molar refractivity (Wildman–Crippen MR) is 90.7 cm³/mol. The highest BCUT2D eigenvalue weighted by molar-refractivity contribution is 5.86. The van der Waals surface area contributed by atoms with Gasteiger partial charge in [0, 0.05) is 17.8 Å². The van der Waals surface area contributed by atoms with Gasteiger partial charge in [-0.05, 0) is 39.5 Å². The molecule has 0 fully saturated rings. The Kier molecular flexibility index (Phi) is 16.5. The Hall–Kier alpha value is -1.70. The SMILES string of the molecule is CC(=CCC(O)CO)C(=O)O.CC(=CCCCCCCO)C(=O)O. The van der Waals surface area contributed by atoms with Gasteiger partial charge in [-0.2, -0.15) is 0 Å². The fourth-order valence-electron chi connectivity index (χ4n) is 1.49. The van der Waals surface area contributed by atoms with Gasteiger partial charge in [-0.25, -0.2) is 9.59 Å². The molecule has 0 aromatic heterocycles. The van der Waals surface area contributed by atoms with Gasteiger partial charge in [-0.15, -0.1) is 0 Å². The van der Waals surface area contributed by atoms with Crippen LogP contribution in [0.15, 0.2) is 23.3 Å². The Morgan fingerprint density at radius 2 is 1.38 bits per heavy atom. The Morgan fingerprint density at radius 3 is 1.83 bits per heavy atom. The molecule has 0 saturated carbocycles. The lowest BCUT2D eigenvalue weighted by molar-refractivity contribution is -0.133. The number of unbranched alkanes of at least 4 members (excludes halogenated alkanes) is 4. The number of aliphatic hydroxyl groups is 3. The van der Waals surface area contributed by atoms with Crippen LogP contribution in [0, 0.1) is 0 Å². The van der Waals surface area contributed by atoms with Crippen LogP contribution in [0.3, 0.4) is 0 Å². The van der Waals surface area contributed by atoms with Gasteiger partial charge in [-0.3, -0.25) is 0 Å². The summed E-state index contributed by atoms with van der Waals surface area (Å²) in [5.41, 5.74) is 0.597. The summed E-state index contributed by atoms with van der Waals surface area (Å²) in [6.45, 7) is 2.95. The van der Waals surface area contributed by atoms with Crippen LogP contribution in [0.25, 0.3) is 0 Å². The third-order valence-electron chi connectivity index (χ3n) is 3.14. The van der Waals surface area contributed by atoms with Crippen molar-refractivity contribution in [3.63, 3.8) is 0 Å². The number of hydrogen-bond donors (Lipinski definition) is 5. The minimum Gasteiger partial charge on any atom is -0.478 e. The largest absolute Gasteiger partial charge is 0.478 e. The fourth-order valence-corrected chi connectivity index (χ4v) is 1.49. The molecule has 0 aromatic rings. The van der Waals surface area contributed by atoms with Crippen molar-refractivity contribution < 1.29 is 35.1 Å². The normalized spacial score (nSPS) is 13.0. The summed E-state index contributed by atoms with van der Waals surface area (Å²) in [4.78, 5) is 20.6. The van der Waals surface area contributed by atoms with Crippen molar-refractivity contribution in [2.75, 3.05) is 13.2 Å². The minimum atomic E-state index is -1.00. The zero-order chi connectivity index (χ0) is 19.0. The molecule has 0 aliphatic carbocycles. The number of hydrogen-bond acceptors (Lipinski definition) is 5. The van der Waals surface area contributed by atoms with E-state index in [1.807, 2.05) is 0 Å². The number of carboxylic acid groups (broad SMARTS) is 2. The summed E-state index contributed by atoms with van der Waals surface area (Å²) in [6, 6.07) is 0. The highest BCUT2D eigenvalue weighted by Gasteiger charge is 2.02. The van der Waals surface area contributed by atoms with Gasteiger partial charge in [0.1, 0.15) is 0 Å². The van der Waals surface area contributed by atoms with Gasteiger partial charge in [-0.1, -0.05) is 25.0 Å². The minimum absolute atomic E-state index is 0.175. The highest BCUT2D eigenvalue weighted by Crippen LogP contribution is 2.05. The topological polar surface area (TPSA) is 135 Å². The van der Waals surface area contributed by atoms with Crippen LogP contribution < -0.4 is 0 Å². The van der Waals surface area contributed by atoms with Gasteiger partial charge in [0.2, 0.25) is 0 Å². The first kappa shape index (κ1) is 24.6. The van der Waals surface area contributed by atoms with Crippen molar-refractivity contribution in [1.29, 1.82) is 0 Å². The molecule has 7 nitrogen and oxygen atoms in total. The number of rotatable bonds is 11. The molecule has 140 valence electrons. The smallest absolute Gasteiger partial charge is 0.330 e. The maximum atomic E-state index is 10.4. The zero-order valence-electron chi connectivity index (χ0n) is 14.4. The molecule has 0 saturated heterocycles. The first-order valence-corrected chi connectivity index (χ1v) is 7.96. The molecule has 0 aromatic carbocycles. The van der Waals surface area contributed by atoms with Crippen molar-refractivity contribution in [2.24, 2.45) is 0 Å². The second-order valence-corrected chi connectivity index (χ2v) is 5.38. The average molecular weight is 346 g/mol. The summed E-state index contributed by atoms with van der Waals surface area (Å²) in [7, 11) is 0. The van der Waals surface area contributed by atoms with Crippen molar-refractivity contribution in [3.05, 3.63) is 23.3 Å². The van der Waals surface area contributed by atoms with E-state index in [-0.39, 0.29) is 25.2 Å². The Labute approximate surface area is 142 Å². The molecule has 5 N–H and O–H groups in total. The number of carboxylic acids is 2. The predicted octanol–water partition coefficient (Wildman–Crippen LogP) is 1.72. The fraction of sp³-hybridized carbons (Fsp3) is 0.647. The Morgan fingerprint density at radius 1 is 0.875 bits per heavy atom. The molecular formula is C17H30O7. The number of aliphatic hydroxyl groups excluding tert-OH is 3. The van der Waals surface area contributed by atoms with E-state index in [0.717, 1.165) is 32.1 Å². The van der Waals surface area contributed by atoms with Crippen LogP contribution in [-0.4, -0.2) is 56.8 Å². The maximum Gasteiger partial charge on any atom is 0.330 e. The van der Waals surface area contributed by atoms with Gasteiger partial charge >= 0.3 is 11.9 Å². The first-order chi connectivity index (χ1) is 11.3. The monoisotopic (exact) mass is 346 g/mol. The summed E-state index contributed by atoms with van der Waals surface area (Å²) < 4.78 is 0. The lowest BCUT2D eigenvalue weighted by atomic mass is 10.1. The van der Waals surface area contributed by atoms with Crippen LogP contribution in [-0.2, 0) is 9.59 Å². The van der Waals surface area contributed by atoms with E-state index in [0.29, 0.717) is 5.57 Å². The second-order valence-electron chi connectivity index (χ2n) is 5.38. The van der Waals surface area contributed by atoms with Crippen LogP contribution in [0.1, 0.15) is 52.4 Å². The Balaban J connectivity index is 0. The molecule has 0 aliphatic heterocycles. The summed E-state index contributed by atoms with van der Waals surface area (Å²) in [5, 5.41) is 42.5. The number of allylic oxidation sites excluding steroid dienone is 1. The van der Waals surface area contributed by atoms with E-state index in [4.69, 9.17) is 25.5 Å². The molecule has 24 heavy (non-hydrogen) atoms. The molecular weight excluding hydrogens is 316 g/mol. The van der Waals surface area contributed by atoms with E-state index in [1.54, 1.807) is 13.0 Å². The molecule has 0 heterocycles. The van der Waals surface area contributed by atoms with Crippen LogP contribution >= 0.6 is 0 Å². The Bertz CT molecular complexity index is 413. The molecule has 0 rings (SSSR count). The average Bonchev–Trinajstić information content (AvgIpc) is 2.55. The van der Waals surface area contributed by atoms with Gasteiger partial charge in [0.15, 0.2) is 0 Å². The number of carbonyl (C=O) groups is 2. The van der Waals surface area contributed by atoms with Gasteiger partial charge < -0.3 is 25.5 Å². The molecule has 1 unspecified atom stereocenters.